The lowest BCUT2D eigenvalue weighted by atomic mass is 10.3. The molecule has 0 aliphatic rings. The Balaban J connectivity index is 1.77. The van der Waals surface area contributed by atoms with Gasteiger partial charge in [-0.2, -0.15) is 0 Å². The van der Waals surface area contributed by atoms with Gasteiger partial charge in [0.1, 0.15) is 12.1 Å². The maximum Gasteiger partial charge on any atom is 0.237 e. The molecule has 9 heteroatoms. The normalized spacial score (nSPS) is 11.9. The Morgan fingerprint density at radius 3 is 2.78 bits per heavy atom. The number of hydrogen-bond acceptors (Lipinski definition) is 5. The van der Waals surface area contributed by atoms with Crippen LogP contribution in [-0.4, -0.2) is 33.0 Å². The van der Waals surface area contributed by atoms with Crippen molar-refractivity contribution in [2.75, 3.05) is 12.4 Å². The molecule has 0 aliphatic carbocycles. The van der Waals surface area contributed by atoms with Gasteiger partial charge in [-0.15, -0.1) is 10.2 Å². The van der Waals surface area contributed by atoms with Crippen LogP contribution in [0.3, 0.4) is 0 Å². The van der Waals surface area contributed by atoms with Crippen molar-refractivity contribution in [2.24, 2.45) is 0 Å². The average Bonchev–Trinajstić information content (AvgIpc) is 3.13. The predicted octanol–water partition coefficient (Wildman–Crippen LogP) is 4.70. The van der Waals surface area contributed by atoms with E-state index in [1.54, 1.807) is 43.1 Å². The second-order valence-electron chi connectivity index (χ2n) is 5.51. The number of nitrogens with one attached hydrogen (secondary N) is 1. The second-order valence-corrected chi connectivity index (χ2v) is 7.60. The van der Waals surface area contributed by atoms with E-state index in [4.69, 9.17) is 27.9 Å². The summed E-state index contributed by atoms with van der Waals surface area (Å²) in [5.41, 5.74) is 1.26. The highest BCUT2D eigenvalue weighted by Crippen LogP contribution is 2.32. The van der Waals surface area contributed by atoms with Gasteiger partial charge < -0.3 is 10.1 Å². The Hall–Kier alpha value is -2.22. The SMILES string of the molecule is COc1ccccc1-n1cnnc1S[C@@H](C)C(=O)Nc1cccc(Cl)c1Cl. The number of carbonyl (C=O) groups excluding carboxylic acids is 1. The Morgan fingerprint density at radius 2 is 2.00 bits per heavy atom. The second kappa shape index (κ2) is 8.65. The third-order valence-corrected chi connectivity index (χ3v) is 5.60. The van der Waals surface area contributed by atoms with E-state index >= 15 is 0 Å². The molecule has 6 nitrogen and oxygen atoms in total. The first kappa shape index (κ1) is 19.5. The number of para-hydroxylation sites is 2. The Kier molecular flexibility index (Phi) is 6.26. The average molecular weight is 423 g/mol. The van der Waals surface area contributed by atoms with Gasteiger partial charge in [-0.3, -0.25) is 9.36 Å². The van der Waals surface area contributed by atoms with E-state index in [1.165, 1.54) is 11.8 Å². The molecule has 0 fully saturated rings. The summed E-state index contributed by atoms with van der Waals surface area (Å²) in [5.74, 6) is 0.459. The van der Waals surface area contributed by atoms with Gasteiger partial charge in [0.2, 0.25) is 5.91 Å². The molecule has 0 aliphatic heterocycles. The van der Waals surface area contributed by atoms with Gasteiger partial charge in [0.25, 0.3) is 0 Å². The highest BCUT2D eigenvalue weighted by molar-refractivity contribution is 8.00. The van der Waals surface area contributed by atoms with Gasteiger partial charge >= 0.3 is 0 Å². The molecule has 0 saturated carbocycles. The third-order valence-electron chi connectivity index (χ3n) is 3.72. The lowest BCUT2D eigenvalue weighted by molar-refractivity contribution is -0.115. The number of amides is 1. The Labute approximate surface area is 170 Å². The fraction of sp³-hybridized carbons (Fsp3) is 0.167. The standard InChI is InChI=1S/C18H16Cl2N4O2S/c1-11(17(25)22-13-7-5-6-12(19)16(13)20)27-18-23-21-10-24(18)14-8-3-4-9-15(14)26-2/h3-11H,1-2H3,(H,22,25)/t11-/m0/s1. The zero-order valence-corrected chi connectivity index (χ0v) is 16.8. The molecular weight excluding hydrogens is 407 g/mol. The summed E-state index contributed by atoms with van der Waals surface area (Å²) in [4.78, 5) is 12.6. The van der Waals surface area contributed by atoms with Crippen molar-refractivity contribution in [1.82, 2.24) is 14.8 Å². The van der Waals surface area contributed by atoms with Crippen LogP contribution in [0.25, 0.3) is 5.69 Å². The molecule has 3 rings (SSSR count). The Morgan fingerprint density at radius 1 is 1.22 bits per heavy atom. The number of aromatic nitrogens is 3. The van der Waals surface area contributed by atoms with E-state index in [0.717, 1.165) is 5.69 Å². The number of hydrogen-bond donors (Lipinski definition) is 1. The molecule has 1 amide bonds. The molecule has 0 unspecified atom stereocenters. The Bertz CT molecular complexity index is 964. The minimum atomic E-state index is -0.447. The molecule has 0 radical (unpaired) electrons. The van der Waals surface area contributed by atoms with Crippen LogP contribution in [0.2, 0.25) is 10.0 Å². The number of anilines is 1. The molecule has 140 valence electrons. The molecule has 3 aromatic rings. The zero-order chi connectivity index (χ0) is 19.4. The number of rotatable bonds is 6. The van der Waals surface area contributed by atoms with Crippen LogP contribution >= 0.6 is 35.0 Å². The number of benzene rings is 2. The summed E-state index contributed by atoms with van der Waals surface area (Å²) in [6.07, 6.45) is 1.58. The van der Waals surface area contributed by atoms with Crippen molar-refractivity contribution in [3.05, 3.63) is 58.8 Å². The minimum absolute atomic E-state index is 0.223. The van der Waals surface area contributed by atoms with E-state index in [1.807, 2.05) is 24.3 Å². The van der Waals surface area contributed by atoms with Gasteiger partial charge in [0, 0.05) is 0 Å². The van der Waals surface area contributed by atoms with Gasteiger partial charge in [0.15, 0.2) is 5.16 Å². The van der Waals surface area contributed by atoms with E-state index in [0.29, 0.717) is 26.6 Å². The van der Waals surface area contributed by atoms with Crippen LogP contribution < -0.4 is 10.1 Å². The van der Waals surface area contributed by atoms with Gasteiger partial charge in [-0.25, -0.2) is 0 Å². The number of nitrogens with zero attached hydrogens (tertiary/aromatic N) is 3. The fourth-order valence-electron chi connectivity index (χ4n) is 2.35. The van der Waals surface area contributed by atoms with Gasteiger partial charge in [-0.05, 0) is 31.2 Å². The summed E-state index contributed by atoms with van der Waals surface area (Å²) in [6, 6.07) is 12.6. The molecule has 0 bridgehead atoms. The first-order valence-electron chi connectivity index (χ1n) is 7.96. The van der Waals surface area contributed by atoms with Gasteiger partial charge in [0.05, 0.1) is 33.8 Å². The van der Waals surface area contributed by atoms with Crippen LogP contribution in [0.4, 0.5) is 5.69 Å². The van der Waals surface area contributed by atoms with E-state index in [9.17, 15) is 4.79 Å². The molecule has 1 heterocycles. The molecule has 1 N–H and O–H groups in total. The predicted molar refractivity (Wildman–Crippen MR) is 108 cm³/mol. The number of carbonyl (C=O) groups is 1. The van der Waals surface area contributed by atoms with Crippen molar-refractivity contribution in [3.8, 4) is 11.4 Å². The highest BCUT2D eigenvalue weighted by Gasteiger charge is 2.20. The van der Waals surface area contributed by atoms with E-state index < -0.39 is 5.25 Å². The quantitative estimate of drug-likeness (QED) is 0.582. The topological polar surface area (TPSA) is 69.0 Å². The van der Waals surface area contributed by atoms with Crippen molar-refractivity contribution < 1.29 is 9.53 Å². The monoisotopic (exact) mass is 422 g/mol. The molecule has 0 saturated heterocycles. The molecule has 0 spiro atoms. The summed E-state index contributed by atoms with van der Waals surface area (Å²) in [5, 5.41) is 11.7. The molecular formula is C18H16Cl2N4O2S. The van der Waals surface area contributed by atoms with Crippen LogP contribution in [0.1, 0.15) is 6.92 Å². The maximum atomic E-state index is 12.6. The zero-order valence-electron chi connectivity index (χ0n) is 14.5. The maximum absolute atomic E-state index is 12.6. The largest absolute Gasteiger partial charge is 0.495 e. The van der Waals surface area contributed by atoms with Crippen molar-refractivity contribution in [3.63, 3.8) is 0 Å². The number of halogens is 2. The molecule has 1 aromatic heterocycles. The fourth-order valence-corrected chi connectivity index (χ4v) is 3.53. The van der Waals surface area contributed by atoms with Crippen molar-refractivity contribution in [2.45, 2.75) is 17.3 Å². The van der Waals surface area contributed by atoms with Crippen LogP contribution in [0.5, 0.6) is 5.75 Å². The lowest BCUT2D eigenvalue weighted by Gasteiger charge is -2.14. The van der Waals surface area contributed by atoms with Crippen LogP contribution in [-0.2, 0) is 4.79 Å². The first-order valence-corrected chi connectivity index (χ1v) is 9.59. The summed E-state index contributed by atoms with van der Waals surface area (Å²) in [7, 11) is 1.60. The minimum Gasteiger partial charge on any atom is -0.495 e. The number of methoxy groups -OCH3 is 1. The van der Waals surface area contributed by atoms with Crippen LogP contribution in [0, 0.1) is 0 Å². The smallest absolute Gasteiger partial charge is 0.237 e. The van der Waals surface area contributed by atoms with Crippen LogP contribution in [0.15, 0.2) is 53.9 Å². The number of thioether (sulfide) groups is 1. The highest BCUT2D eigenvalue weighted by atomic mass is 35.5. The third kappa shape index (κ3) is 4.37. The van der Waals surface area contributed by atoms with E-state index in [2.05, 4.69) is 15.5 Å². The summed E-state index contributed by atoms with van der Waals surface area (Å²) in [6.45, 7) is 1.78. The molecule has 1 atom stereocenters. The van der Waals surface area contributed by atoms with Crippen molar-refractivity contribution in [1.29, 1.82) is 0 Å². The molecule has 2 aromatic carbocycles. The van der Waals surface area contributed by atoms with E-state index in [-0.39, 0.29) is 5.91 Å². The lowest BCUT2D eigenvalue weighted by Crippen LogP contribution is -2.23. The number of ether oxygens (including phenoxy) is 1. The summed E-state index contributed by atoms with van der Waals surface area (Å²) < 4.78 is 7.17. The summed E-state index contributed by atoms with van der Waals surface area (Å²) >= 11 is 13.4. The first-order chi connectivity index (χ1) is 13.0. The van der Waals surface area contributed by atoms with Crippen molar-refractivity contribution >= 4 is 46.6 Å². The van der Waals surface area contributed by atoms with Gasteiger partial charge in [-0.1, -0.05) is 53.2 Å². The molecule has 27 heavy (non-hydrogen) atoms.